The van der Waals surface area contributed by atoms with E-state index in [9.17, 15) is 4.79 Å². The van der Waals surface area contributed by atoms with Gasteiger partial charge in [0.25, 0.3) is 5.91 Å². The molecule has 0 saturated carbocycles. The van der Waals surface area contributed by atoms with Crippen molar-refractivity contribution < 1.29 is 23.3 Å². The summed E-state index contributed by atoms with van der Waals surface area (Å²) < 4.78 is 21.2. The number of rotatable bonds is 7. The minimum atomic E-state index is -0.286. The van der Waals surface area contributed by atoms with Gasteiger partial charge in [0.1, 0.15) is 6.61 Å². The Labute approximate surface area is 150 Å². The van der Waals surface area contributed by atoms with Crippen LogP contribution in [-0.4, -0.2) is 35.3 Å². The molecule has 0 bridgehead atoms. The van der Waals surface area contributed by atoms with Crippen molar-refractivity contribution in [2.75, 3.05) is 14.2 Å². The largest absolute Gasteiger partial charge is 0.493 e. The van der Waals surface area contributed by atoms with E-state index in [1.54, 1.807) is 38.4 Å². The van der Waals surface area contributed by atoms with Crippen LogP contribution in [0.3, 0.4) is 0 Å². The quantitative estimate of drug-likeness (QED) is 0.642. The fourth-order valence-corrected chi connectivity index (χ4v) is 2.36. The summed E-state index contributed by atoms with van der Waals surface area (Å²) in [5.41, 5.74) is 0.959. The Kier molecular flexibility index (Phi) is 5.21. The van der Waals surface area contributed by atoms with E-state index in [-0.39, 0.29) is 18.2 Å². The summed E-state index contributed by atoms with van der Waals surface area (Å²) in [5, 5.41) is 7.61. The molecule has 3 aromatic rings. The van der Waals surface area contributed by atoms with Gasteiger partial charge in [-0.1, -0.05) is 22.4 Å². The lowest BCUT2D eigenvalue weighted by Gasteiger charge is -2.12. The van der Waals surface area contributed by atoms with Crippen LogP contribution in [0, 0.1) is 6.92 Å². The Balaban J connectivity index is 1.60. The fourth-order valence-electron chi connectivity index (χ4n) is 2.36. The number of hydrogen-bond acceptors (Lipinski definition) is 7. The molecule has 0 N–H and O–H groups in total. The Morgan fingerprint density at radius 3 is 2.54 bits per heavy atom. The number of aryl methyl sites for hydroxylation is 1. The van der Waals surface area contributed by atoms with Crippen LogP contribution in [0.25, 0.3) is 0 Å². The third-order valence-electron chi connectivity index (χ3n) is 3.63. The average molecular weight is 357 g/mol. The molecule has 1 amide bonds. The summed E-state index contributed by atoms with van der Waals surface area (Å²) in [6.07, 6.45) is 0. The third kappa shape index (κ3) is 4.02. The van der Waals surface area contributed by atoms with Gasteiger partial charge in [0.15, 0.2) is 28.7 Å². The first-order valence-corrected chi connectivity index (χ1v) is 7.96. The zero-order chi connectivity index (χ0) is 18.5. The molecular weight excluding hydrogens is 338 g/mol. The molecule has 0 spiro atoms. The van der Waals surface area contributed by atoms with Gasteiger partial charge >= 0.3 is 0 Å². The molecule has 0 fully saturated rings. The molecule has 0 aliphatic rings. The topological polar surface area (TPSA) is 90.8 Å². The normalized spacial score (nSPS) is 10.6. The summed E-state index contributed by atoms with van der Waals surface area (Å²) in [6, 6.07) is 10.6. The van der Waals surface area contributed by atoms with Gasteiger partial charge < -0.3 is 23.4 Å². The first-order valence-electron chi connectivity index (χ1n) is 7.96. The number of ether oxygens (including phenoxy) is 2. The van der Waals surface area contributed by atoms with Gasteiger partial charge in [0.2, 0.25) is 0 Å². The minimum absolute atomic E-state index is 0.131. The predicted molar refractivity (Wildman–Crippen MR) is 90.9 cm³/mol. The molecule has 1 aromatic carbocycles. The predicted octanol–water partition coefficient (Wildman–Crippen LogP) is 2.83. The Morgan fingerprint density at radius 2 is 1.85 bits per heavy atom. The van der Waals surface area contributed by atoms with Crippen LogP contribution in [-0.2, 0) is 13.2 Å². The highest BCUT2D eigenvalue weighted by molar-refractivity contribution is 5.91. The summed E-state index contributed by atoms with van der Waals surface area (Å²) >= 11 is 0. The highest BCUT2D eigenvalue weighted by Gasteiger charge is 2.19. The standard InChI is InChI=1S/C18H19N3O5/c1-12-8-13(25-19-12)10-21(2)18(22)15-9-14(26-20-15)11-24-17-7-5-4-6-16(17)23-3/h4-9H,10-11H2,1-3H3. The maximum Gasteiger partial charge on any atom is 0.276 e. The molecule has 0 radical (unpaired) electrons. The smallest absolute Gasteiger partial charge is 0.276 e. The summed E-state index contributed by atoms with van der Waals surface area (Å²) in [5.74, 6) is 1.94. The van der Waals surface area contributed by atoms with Gasteiger partial charge in [-0.25, -0.2) is 0 Å². The van der Waals surface area contributed by atoms with Gasteiger partial charge in [-0.3, -0.25) is 4.79 Å². The summed E-state index contributed by atoms with van der Waals surface area (Å²) in [6.45, 7) is 2.24. The van der Waals surface area contributed by atoms with Crippen molar-refractivity contribution in [3.8, 4) is 11.5 Å². The van der Waals surface area contributed by atoms with Crippen molar-refractivity contribution in [3.63, 3.8) is 0 Å². The summed E-state index contributed by atoms with van der Waals surface area (Å²) in [4.78, 5) is 13.9. The number of para-hydroxylation sites is 2. The van der Waals surface area contributed by atoms with Gasteiger partial charge in [0, 0.05) is 19.2 Å². The average Bonchev–Trinajstić information content (AvgIpc) is 3.28. The van der Waals surface area contributed by atoms with Crippen molar-refractivity contribution in [3.05, 3.63) is 59.3 Å². The highest BCUT2D eigenvalue weighted by atomic mass is 16.5. The number of methoxy groups -OCH3 is 1. The van der Waals surface area contributed by atoms with E-state index >= 15 is 0 Å². The van der Waals surface area contributed by atoms with Crippen LogP contribution in [0.15, 0.2) is 45.4 Å². The lowest BCUT2D eigenvalue weighted by atomic mass is 10.3. The van der Waals surface area contributed by atoms with E-state index in [4.69, 9.17) is 18.5 Å². The SMILES string of the molecule is COc1ccccc1OCc1cc(C(=O)N(C)Cc2cc(C)no2)no1. The van der Waals surface area contributed by atoms with Crippen molar-refractivity contribution in [2.24, 2.45) is 0 Å². The monoisotopic (exact) mass is 357 g/mol. The van der Waals surface area contributed by atoms with Crippen molar-refractivity contribution in [2.45, 2.75) is 20.1 Å². The molecule has 0 saturated heterocycles. The first-order chi connectivity index (χ1) is 12.6. The van der Waals surface area contributed by atoms with E-state index < -0.39 is 0 Å². The van der Waals surface area contributed by atoms with Gasteiger partial charge in [0.05, 0.1) is 19.3 Å². The molecule has 2 heterocycles. The minimum Gasteiger partial charge on any atom is -0.493 e. The highest BCUT2D eigenvalue weighted by Crippen LogP contribution is 2.26. The number of carbonyl (C=O) groups is 1. The Hall–Kier alpha value is -3.29. The van der Waals surface area contributed by atoms with E-state index in [0.717, 1.165) is 5.69 Å². The van der Waals surface area contributed by atoms with Crippen LogP contribution < -0.4 is 9.47 Å². The zero-order valence-electron chi connectivity index (χ0n) is 14.8. The zero-order valence-corrected chi connectivity index (χ0v) is 14.8. The molecule has 26 heavy (non-hydrogen) atoms. The van der Waals surface area contributed by atoms with Crippen LogP contribution >= 0.6 is 0 Å². The van der Waals surface area contributed by atoms with E-state index in [1.807, 2.05) is 19.1 Å². The number of hydrogen-bond donors (Lipinski definition) is 0. The molecule has 136 valence electrons. The fraction of sp³-hybridized carbons (Fsp3) is 0.278. The third-order valence-corrected chi connectivity index (χ3v) is 3.63. The molecule has 0 atom stereocenters. The number of nitrogens with zero attached hydrogens (tertiary/aromatic N) is 3. The first kappa shape index (κ1) is 17.5. The molecule has 0 aliphatic carbocycles. The molecule has 0 aliphatic heterocycles. The van der Waals surface area contributed by atoms with Gasteiger partial charge in [-0.2, -0.15) is 0 Å². The van der Waals surface area contributed by atoms with Crippen molar-refractivity contribution in [1.29, 1.82) is 0 Å². The molecule has 2 aromatic heterocycles. The number of aromatic nitrogens is 2. The van der Waals surface area contributed by atoms with Crippen LogP contribution in [0.4, 0.5) is 0 Å². The molecule has 8 heteroatoms. The van der Waals surface area contributed by atoms with Crippen molar-refractivity contribution >= 4 is 5.91 Å². The Bertz CT molecular complexity index is 886. The van der Waals surface area contributed by atoms with E-state index in [1.165, 1.54) is 4.90 Å². The Morgan fingerprint density at radius 1 is 1.12 bits per heavy atom. The summed E-state index contributed by atoms with van der Waals surface area (Å²) in [7, 11) is 3.22. The van der Waals surface area contributed by atoms with Crippen LogP contribution in [0.5, 0.6) is 11.5 Å². The number of benzene rings is 1. The van der Waals surface area contributed by atoms with Crippen molar-refractivity contribution in [1.82, 2.24) is 15.2 Å². The van der Waals surface area contributed by atoms with E-state index in [2.05, 4.69) is 10.3 Å². The van der Waals surface area contributed by atoms with Gasteiger partial charge in [-0.15, -0.1) is 0 Å². The number of carbonyl (C=O) groups excluding carboxylic acids is 1. The van der Waals surface area contributed by atoms with Crippen LogP contribution in [0.1, 0.15) is 27.7 Å². The molecule has 3 rings (SSSR count). The second-order valence-electron chi connectivity index (χ2n) is 5.71. The number of amides is 1. The van der Waals surface area contributed by atoms with Crippen LogP contribution in [0.2, 0.25) is 0 Å². The lowest BCUT2D eigenvalue weighted by molar-refractivity contribution is 0.0761. The maximum atomic E-state index is 12.4. The second-order valence-corrected chi connectivity index (χ2v) is 5.71. The molecular formula is C18H19N3O5. The lowest BCUT2D eigenvalue weighted by Crippen LogP contribution is -2.26. The van der Waals surface area contributed by atoms with Gasteiger partial charge in [-0.05, 0) is 19.1 Å². The van der Waals surface area contributed by atoms with E-state index in [0.29, 0.717) is 29.6 Å². The maximum absolute atomic E-state index is 12.4. The molecule has 8 nitrogen and oxygen atoms in total. The molecule has 0 unspecified atom stereocenters. The second kappa shape index (κ2) is 7.73.